The summed E-state index contributed by atoms with van der Waals surface area (Å²) in [6, 6.07) is 0. The SMILES string of the molecule is CN(C)C(Cl)C(Cl)N(C)C.[Pd]. The first-order chi connectivity index (χ1) is 4.46. The van der Waals surface area contributed by atoms with Crippen LogP contribution in [0.15, 0.2) is 0 Å². The van der Waals surface area contributed by atoms with E-state index in [0.29, 0.717) is 0 Å². The van der Waals surface area contributed by atoms with E-state index in [4.69, 9.17) is 23.2 Å². The molecule has 0 amide bonds. The van der Waals surface area contributed by atoms with Crippen LogP contribution in [0.4, 0.5) is 0 Å². The Kier molecular flexibility index (Phi) is 8.88. The van der Waals surface area contributed by atoms with Crippen molar-refractivity contribution in [2.45, 2.75) is 11.0 Å². The van der Waals surface area contributed by atoms with Crippen molar-refractivity contribution in [1.29, 1.82) is 0 Å². The molecule has 2 unspecified atom stereocenters. The van der Waals surface area contributed by atoms with E-state index in [-0.39, 0.29) is 31.4 Å². The number of nitrogens with zero attached hydrogens (tertiary/aromatic N) is 2. The quantitative estimate of drug-likeness (QED) is 0.438. The van der Waals surface area contributed by atoms with Crippen LogP contribution < -0.4 is 0 Å². The normalized spacial score (nSPS) is 16.4. The molecule has 2 atom stereocenters. The van der Waals surface area contributed by atoms with E-state index in [1.54, 1.807) is 0 Å². The van der Waals surface area contributed by atoms with Gasteiger partial charge in [0.15, 0.2) is 0 Å². The maximum atomic E-state index is 5.91. The van der Waals surface area contributed by atoms with Crippen LogP contribution in [0.3, 0.4) is 0 Å². The number of alkyl halides is 2. The van der Waals surface area contributed by atoms with Crippen LogP contribution in [0.1, 0.15) is 0 Å². The zero-order chi connectivity index (χ0) is 8.31. The first-order valence-electron chi connectivity index (χ1n) is 3.08. The van der Waals surface area contributed by atoms with Gasteiger partial charge in [0.25, 0.3) is 0 Å². The van der Waals surface area contributed by atoms with Gasteiger partial charge in [-0.25, -0.2) is 0 Å². The fourth-order valence-electron chi connectivity index (χ4n) is 0.492. The van der Waals surface area contributed by atoms with Crippen molar-refractivity contribution >= 4 is 23.2 Å². The average Bonchev–Trinajstić information content (AvgIpc) is 1.84. The summed E-state index contributed by atoms with van der Waals surface area (Å²) in [4.78, 5) is 3.75. The Bertz CT molecular complexity index is 88.6. The molecular weight excluding hydrogens is 277 g/mol. The molecule has 0 spiro atoms. The fraction of sp³-hybridized carbons (Fsp3) is 1.00. The molecule has 0 rings (SSSR count). The van der Waals surface area contributed by atoms with E-state index in [1.807, 2.05) is 38.0 Å². The van der Waals surface area contributed by atoms with E-state index in [0.717, 1.165) is 0 Å². The minimum Gasteiger partial charge on any atom is -0.291 e. The second-order valence-electron chi connectivity index (χ2n) is 2.67. The number of rotatable bonds is 3. The molecule has 0 saturated carbocycles. The zero-order valence-corrected chi connectivity index (χ0v) is 10.2. The average molecular weight is 292 g/mol. The van der Waals surface area contributed by atoms with Crippen molar-refractivity contribution < 1.29 is 20.4 Å². The third-order valence-corrected chi connectivity index (χ3v) is 2.60. The molecule has 0 N–H and O–H groups in total. The molecule has 0 saturated heterocycles. The standard InChI is InChI=1S/C6H14Cl2N2.Pd/c1-9(2)5(7)6(8)10(3)4;/h5-6H,1-4H3;. The fourth-order valence-corrected chi connectivity index (χ4v) is 0.943. The van der Waals surface area contributed by atoms with Gasteiger partial charge in [-0.05, 0) is 28.2 Å². The largest absolute Gasteiger partial charge is 0.291 e. The van der Waals surface area contributed by atoms with Gasteiger partial charge >= 0.3 is 0 Å². The van der Waals surface area contributed by atoms with Crippen LogP contribution in [0.2, 0.25) is 0 Å². The van der Waals surface area contributed by atoms with E-state index in [1.165, 1.54) is 0 Å². The van der Waals surface area contributed by atoms with Crippen LogP contribution >= 0.6 is 23.2 Å². The van der Waals surface area contributed by atoms with Gasteiger partial charge in [0.2, 0.25) is 0 Å². The van der Waals surface area contributed by atoms with Crippen LogP contribution in [-0.2, 0) is 20.4 Å². The second kappa shape index (κ2) is 6.65. The molecule has 0 aliphatic carbocycles. The summed E-state index contributed by atoms with van der Waals surface area (Å²) in [7, 11) is 7.60. The Balaban J connectivity index is 0. The Morgan fingerprint density at radius 1 is 0.818 bits per heavy atom. The van der Waals surface area contributed by atoms with Crippen molar-refractivity contribution in [3.05, 3.63) is 0 Å². The molecular formula is C6H14Cl2N2Pd. The van der Waals surface area contributed by atoms with E-state index < -0.39 is 0 Å². The number of likely N-dealkylation sites (N-methyl/N-ethyl adjacent to an activating group) is 2. The first-order valence-corrected chi connectivity index (χ1v) is 3.95. The van der Waals surface area contributed by atoms with E-state index in [9.17, 15) is 0 Å². The van der Waals surface area contributed by atoms with Gasteiger partial charge in [-0.2, -0.15) is 0 Å². The van der Waals surface area contributed by atoms with Crippen LogP contribution in [-0.4, -0.2) is 49.0 Å². The maximum absolute atomic E-state index is 5.91. The van der Waals surface area contributed by atoms with Gasteiger partial charge in [-0.3, -0.25) is 9.80 Å². The Labute approximate surface area is 92.5 Å². The summed E-state index contributed by atoms with van der Waals surface area (Å²) in [6.45, 7) is 0. The number of hydrogen-bond acceptors (Lipinski definition) is 2. The summed E-state index contributed by atoms with van der Waals surface area (Å²) in [5.74, 6) is 0. The molecule has 72 valence electrons. The summed E-state index contributed by atoms with van der Waals surface area (Å²) in [5.41, 5.74) is -0.284. The van der Waals surface area contributed by atoms with E-state index in [2.05, 4.69) is 0 Å². The molecule has 0 heterocycles. The van der Waals surface area contributed by atoms with Crippen LogP contribution in [0.5, 0.6) is 0 Å². The summed E-state index contributed by atoms with van der Waals surface area (Å²) < 4.78 is 0. The van der Waals surface area contributed by atoms with Gasteiger partial charge in [0, 0.05) is 20.4 Å². The van der Waals surface area contributed by atoms with Gasteiger partial charge in [-0.15, -0.1) is 23.2 Å². The summed E-state index contributed by atoms with van der Waals surface area (Å²) in [6.07, 6.45) is 0. The molecule has 0 radical (unpaired) electrons. The molecule has 0 aromatic heterocycles. The third kappa shape index (κ3) is 5.41. The Morgan fingerprint density at radius 3 is 1.09 bits per heavy atom. The molecule has 0 aliphatic heterocycles. The Morgan fingerprint density at radius 2 is 1.00 bits per heavy atom. The monoisotopic (exact) mass is 290 g/mol. The van der Waals surface area contributed by atoms with Gasteiger partial charge in [0.1, 0.15) is 11.0 Å². The van der Waals surface area contributed by atoms with Gasteiger partial charge in [-0.1, -0.05) is 0 Å². The third-order valence-electron chi connectivity index (χ3n) is 1.21. The molecule has 2 nitrogen and oxygen atoms in total. The summed E-state index contributed by atoms with van der Waals surface area (Å²) in [5, 5.41) is 0. The predicted octanol–water partition coefficient (Wildman–Crippen LogP) is 1.24. The number of halogens is 2. The molecule has 0 aromatic carbocycles. The smallest absolute Gasteiger partial charge is 0.114 e. The molecule has 0 fully saturated rings. The predicted molar refractivity (Wildman–Crippen MR) is 46.7 cm³/mol. The second-order valence-corrected chi connectivity index (χ2v) is 3.57. The van der Waals surface area contributed by atoms with Crippen molar-refractivity contribution in [3.8, 4) is 0 Å². The van der Waals surface area contributed by atoms with Crippen molar-refractivity contribution in [2.75, 3.05) is 28.2 Å². The van der Waals surface area contributed by atoms with Gasteiger partial charge in [0.05, 0.1) is 0 Å². The van der Waals surface area contributed by atoms with Crippen LogP contribution in [0, 0.1) is 0 Å². The molecule has 0 bridgehead atoms. The Hall–Kier alpha value is 1.16. The van der Waals surface area contributed by atoms with Crippen molar-refractivity contribution in [2.24, 2.45) is 0 Å². The van der Waals surface area contributed by atoms with Gasteiger partial charge < -0.3 is 0 Å². The van der Waals surface area contributed by atoms with E-state index >= 15 is 0 Å². The molecule has 11 heavy (non-hydrogen) atoms. The molecule has 0 aromatic rings. The number of hydrogen-bond donors (Lipinski definition) is 0. The van der Waals surface area contributed by atoms with Crippen molar-refractivity contribution in [3.63, 3.8) is 0 Å². The summed E-state index contributed by atoms with van der Waals surface area (Å²) >= 11 is 11.8. The zero-order valence-electron chi connectivity index (χ0n) is 7.12. The minimum atomic E-state index is -0.142. The van der Waals surface area contributed by atoms with Crippen molar-refractivity contribution in [1.82, 2.24) is 9.80 Å². The molecule has 5 heteroatoms. The van der Waals surface area contributed by atoms with Crippen LogP contribution in [0.25, 0.3) is 0 Å². The molecule has 0 aliphatic rings. The minimum absolute atomic E-state index is 0. The topological polar surface area (TPSA) is 6.48 Å². The first kappa shape index (κ1) is 14.7. The maximum Gasteiger partial charge on any atom is 0.114 e.